The van der Waals surface area contributed by atoms with Crippen LogP contribution in [0.2, 0.25) is 0 Å². The van der Waals surface area contributed by atoms with Crippen molar-refractivity contribution in [3.63, 3.8) is 0 Å². The smallest absolute Gasteiger partial charge is 0.238 e. The van der Waals surface area contributed by atoms with Gasteiger partial charge in [0.2, 0.25) is 12.7 Å². The third kappa shape index (κ3) is 3.50. The molecule has 3 aromatic rings. The van der Waals surface area contributed by atoms with Crippen LogP contribution in [0, 0.1) is 6.92 Å². The van der Waals surface area contributed by atoms with Gasteiger partial charge in [-0.3, -0.25) is 4.90 Å². The normalized spacial score (nSPS) is 12.9. The Labute approximate surface area is 158 Å². The average molecular weight is 359 g/mol. The van der Waals surface area contributed by atoms with Crippen molar-refractivity contribution in [1.29, 1.82) is 0 Å². The number of nitrogens with zero attached hydrogens (tertiary/aromatic N) is 2. The molecule has 0 fully saturated rings. The second-order valence-corrected chi connectivity index (χ2v) is 6.30. The van der Waals surface area contributed by atoms with Crippen molar-refractivity contribution in [1.82, 2.24) is 4.98 Å². The van der Waals surface area contributed by atoms with E-state index in [0.717, 1.165) is 33.9 Å². The van der Waals surface area contributed by atoms with Gasteiger partial charge < -0.3 is 15.2 Å². The van der Waals surface area contributed by atoms with Gasteiger partial charge >= 0.3 is 0 Å². The number of hydrogen-bond acceptors (Lipinski definition) is 5. The molecule has 5 nitrogen and oxygen atoms in total. The van der Waals surface area contributed by atoms with Crippen LogP contribution in [0.1, 0.15) is 11.1 Å². The quantitative estimate of drug-likeness (QED) is 0.729. The van der Waals surface area contributed by atoms with Gasteiger partial charge in [0, 0.05) is 12.1 Å². The Kier molecular flexibility index (Phi) is 4.77. The van der Waals surface area contributed by atoms with Crippen LogP contribution in [0.15, 0.2) is 78.9 Å². The van der Waals surface area contributed by atoms with E-state index in [4.69, 9.17) is 20.2 Å². The van der Waals surface area contributed by atoms with E-state index in [-0.39, 0.29) is 6.79 Å². The zero-order valence-electron chi connectivity index (χ0n) is 15.1. The lowest BCUT2D eigenvalue weighted by molar-refractivity contribution is 0.0797. The second kappa shape index (κ2) is 7.51. The molecule has 0 radical (unpaired) electrons. The lowest BCUT2D eigenvalue weighted by Crippen LogP contribution is -2.20. The van der Waals surface area contributed by atoms with E-state index in [0.29, 0.717) is 12.4 Å². The lowest BCUT2D eigenvalue weighted by atomic mass is 10.1. The van der Waals surface area contributed by atoms with Crippen LogP contribution >= 0.6 is 0 Å². The molecule has 4 rings (SSSR count). The van der Waals surface area contributed by atoms with Gasteiger partial charge in [0.1, 0.15) is 12.1 Å². The molecule has 0 saturated heterocycles. The third-order valence-electron chi connectivity index (χ3n) is 4.41. The van der Waals surface area contributed by atoms with Crippen molar-refractivity contribution in [3.05, 3.63) is 90.0 Å². The fourth-order valence-electron chi connectivity index (χ4n) is 3.12. The number of ether oxygens (including phenoxy) is 2. The van der Waals surface area contributed by atoms with E-state index in [2.05, 4.69) is 19.1 Å². The third-order valence-corrected chi connectivity index (χ3v) is 4.41. The van der Waals surface area contributed by atoms with Crippen molar-refractivity contribution in [2.24, 2.45) is 5.73 Å². The van der Waals surface area contributed by atoms with Crippen LogP contribution in [-0.4, -0.2) is 11.8 Å². The fraction of sp³-hybridized carbons (Fsp3) is 0.136. The van der Waals surface area contributed by atoms with Gasteiger partial charge in [0.25, 0.3) is 0 Å². The number of pyridine rings is 1. The summed E-state index contributed by atoms with van der Waals surface area (Å²) in [5.74, 6) is 1.33. The average Bonchev–Trinajstić information content (AvgIpc) is 3.24. The van der Waals surface area contributed by atoms with E-state index in [1.165, 1.54) is 0 Å². The monoisotopic (exact) mass is 359 g/mol. The molecular formula is C22H21N3O2. The minimum absolute atomic E-state index is 0.189. The van der Waals surface area contributed by atoms with Crippen LogP contribution in [0.3, 0.4) is 0 Å². The number of hydrogen-bond donors (Lipinski definition) is 1. The highest BCUT2D eigenvalue weighted by atomic mass is 16.7. The number of benzene rings is 2. The van der Waals surface area contributed by atoms with Crippen LogP contribution in [0.4, 0.5) is 11.5 Å². The topological polar surface area (TPSA) is 60.6 Å². The highest BCUT2D eigenvalue weighted by molar-refractivity contribution is 5.71. The minimum atomic E-state index is 0.189. The van der Waals surface area contributed by atoms with E-state index in [1.54, 1.807) is 6.26 Å². The molecule has 27 heavy (non-hydrogen) atoms. The first-order valence-electron chi connectivity index (χ1n) is 8.83. The van der Waals surface area contributed by atoms with Gasteiger partial charge in [-0.05, 0) is 30.7 Å². The number of anilines is 2. The molecule has 2 aromatic carbocycles. The maximum absolute atomic E-state index is 6.02. The first kappa shape index (κ1) is 17.1. The Balaban J connectivity index is 1.84. The molecular weight excluding hydrogens is 338 g/mol. The zero-order chi connectivity index (χ0) is 18.6. The van der Waals surface area contributed by atoms with Gasteiger partial charge in [0.15, 0.2) is 0 Å². The maximum Gasteiger partial charge on any atom is 0.238 e. The molecule has 0 amide bonds. The Morgan fingerprint density at radius 1 is 1.04 bits per heavy atom. The predicted molar refractivity (Wildman–Crippen MR) is 106 cm³/mol. The summed E-state index contributed by atoms with van der Waals surface area (Å²) >= 11 is 0. The number of aryl methyl sites for hydroxylation is 1. The molecule has 2 heterocycles. The summed E-state index contributed by atoms with van der Waals surface area (Å²) in [4.78, 5) is 6.82. The standard InChI is InChI=1S/C22H21N3O2/c1-16-10-11-20(18(12-16)13-23)25(22-14-26-15-27-22)21-9-5-8-19(24-21)17-6-3-2-4-7-17/h2-12,14H,13,15,23H2,1H3. The Bertz CT molecular complexity index is 970. The SMILES string of the molecule is Cc1ccc(N(C2=COCO2)c2cccc(-c3ccccc3)n2)c(CN)c1. The molecule has 1 aromatic heterocycles. The summed E-state index contributed by atoms with van der Waals surface area (Å²) in [6.45, 7) is 2.66. The fourth-order valence-corrected chi connectivity index (χ4v) is 3.12. The number of nitrogens with two attached hydrogens (primary N) is 1. The lowest BCUT2D eigenvalue weighted by Gasteiger charge is -2.25. The first-order chi connectivity index (χ1) is 13.3. The maximum atomic E-state index is 6.02. The minimum Gasteiger partial charge on any atom is -0.459 e. The van der Waals surface area contributed by atoms with Crippen molar-refractivity contribution >= 4 is 11.5 Å². The van der Waals surface area contributed by atoms with Crippen LogP contribution in [0.5, 0.6) is 0 Å². The largest absolute Gasteiger partial charge is 0.459 e. The molecule has 5 heteroatoms. The summed E-state index contributed by atoms with van der Waals surface area (Å²) in [6, 6.07) is 22.2. The van der Waals surface area contributed by atoms with Crippen LogP contribution in [-0.2, 0) is 16.0 Å². The first-order valence-corrected chi connectivity index (χ1v) is 8.83. The van der Waals surface area contributed by atoms with Crippen molar-refractivity contribution in [2.45, 2.75) is 13.5 Å². The van der Waals surface area contributed by atoms with Gasteiger partial charge in [-0.25, -0.2) is 4.98 Å². The van der Waals surface area contributed by atoms with E-state index < -0.39 is 0 Å². The number of aromatic nitrogens is 1. The molecule has 2 N–H and O–H groups in total. The van der Waals surface area contributed by atoms with Crippen LogP contribution < -0.4 is 10.6 Å². The molecule has 136 valence electrons. The molecule has 1 aliphatic rings. The van der Waals surface area contributed by atoms with Gasteiger partial charge in [-0.2, -0.15) is 0 Å². The highest BCUT2D eigenvalue weighted by Crippen LogP contribution is 2.34. The summed E-state index contributed by atoms with van der Waals surface area (Å²) in [6.07, 6.45) is 1.61. The Morgan fingerprint density at radius 3 is 2.63 bits per heavy atom. The van der Waals surface area contributed by atoms with Crippen molar-refractivity contribution in [3.8, 4) is 11.3 Å². The van der Waals surface area contributed by atoms with E-state index >= 15 is 0 Å². The molecule has 0 spiro atoms. The Hall–Kier alpha value is -3.31. The molecule has 0 bridgehead atoms. The van der Waals surface area contributed by atoms with Crippen LogP contribution in [0.25, 0.3) is 11.3 Å². The molecule has 1 aliphatic heterocycles. The van der Waals surface area contributed by atoms with Gasteiger partial charge in [-0.15, -0.1) is 0 Å². The van der Waals surface area contributed by atoms with E-state index in [9.17, 15) is 0 Å². The van der Waals surface area contributed by atoms with Crippen molar-refractivity contribution < 1.29 is 9.47 Å². The predicted octanol–water partition coefficient (Wildman–Crippen LogP) is 4.46. The summed E-state index contributed by atoms with van der Waals surface area (Å²) < 4.78 is 11.0. The Morgan fingerprint density at radius 2 is 1.89 bits per heavy atom. The summed E-state index contributed by atoms with van der Waals surface area (Å²) in [5, 5.41) is 0. The second-order valence-electron chi connectivity index (χ2n) is 6.30. The van der Waals surface area contributed by atoms with Crippen molar-refractivity contribution in [2.75, 3.05) is 11.7 Å². The van der Waals surface area contributed by atoms with Gasteiger partial charge in [-0.1, -0.05) is 54.1 Å². The number of rotatable bonds is 5. The molecule has 0 unspecified atom stereocenters. The van der Waals surface area contributed by atoms with Gasteiger partial charge in [0.05, 0.1) is 11.4 Å². The molecule has 0 aliphatic carbocycles. The van der Waals surface area contributed by atoms with E-state index in [1.807, 2.05) is 59.5 Å². The zero-order valence-corrected chi connectivity index (χ0v) is 15.1. The molecule has 0 atom stereocenters. The molecule has 0 saturated carbocycles. The highest BCUT2D eigenvalue weighted by Gasteiger charge is 2.23. The summed E-state index contributed by atoms with van der Waals surface area (Å²) in [5.41, 5.74) is 11.1. The summed E-state index contributed by atoms with van der Waals surface area (Å²) in [7, 11) is 0.